The van der Waals surface area contributed by atoms with Crippen LogP contribution in [0.15, 0.2) is 24.3 Å². The molecule has 0 aliphatic rings. The van der Waals surface area contributed by atoms with Crippen molar-refractivity contribution in [3.63, 3.8) is 0 Å². The van der Waals surface area contributed by atoms with E-state index in [1.54, 1.807) is 0 Å². The molecule has 1 aromatic rings. The highest BCUT2D eigenvalue weighted by Crippen LogP contribution is 2.05. The van der Waals surface area contributed by atoms with E-state index >= 15 is 0 Å². The molecule has 0 spiro atoms. The van der Waals surface area contributed by atoms with Crippen LogP contribution in [0.1, 0.15) is 31.9 Å². The summed E-state index contributed by atoms with van der Waals surface area (Å²) < 4.78 is 5.72. The van der Waals surface area contributed by atoms with Crippen molar-refractivity contribution in [1.82, 2.24) is 10.2 Å². The first-order valence-corrected chi connectivity index (χ1v) is 7.38. The molecule has 0 aliphatic carbocycles. The van der Waals surface area contributed by atoms with Crippen LogP contribution in [0.4, 0.5) is 0 Å². The second kappa shape index (κ2) is 9.96. The van der Waals surface area contributed by atoms with Gasteiger partial charge in [0.25, 0.3) is 0 Å². The van der Waals surface area contributed by atoms with Gasteiger partial charge in [0.1, 0.15) is 0 Å². The molecule has 1 rings (SSSR count). The van der Waals surface area contributed by atoms with Crippen molar-refractivity contribution in [2.75, 3.05) is 32.8 Å². The first kappa shape index (κ1) is 16.2. The van der Waals surface area contributed by atoms with Crippen LogP contribution < -0.4 is 5.32 Å². The normalized spacial score (nSPS) is 11.2. The molecule has 0 amide bonds. The van der Waals surface area contributed by atoms with E-state index in [9.17, 15) is 0 Å². The van der Waals surface area contributed by atoms with E-state index in [2.05, 4.69) is 55.3 Å². The molecular weight excluding hydrogens is 236 g/mol. The molecule has 108 valence electrons. The van der Waals surface area contributed by atoms with Crippen LogP contribution in [0, 0.1) is 0 Å². The molecule has 3 heteroatoms. The van der Waals surface area contributed by atoms with Crippen LogP contribution in [-0.2, 0) is 17.9 Å². The fourth-order valence-electron chi connectivity index (χ4n) is 1.95. The highest BCUT2D eigenvalue weighted by atomic mass is 16.5. The lowest BCUT2D eigenvalue weighted by Gasteiger charge is -2.17. The third-order valence-electron chi connectivity index (χ3n) is 3.32. The fourth-order valence-corrected chi connectivity index (χ4v) is 1.95. The number of hydrogen-bond donors (Lipinski definition) is 1. The Kier molecular flexibility index (Phi) is 8.47. The summed E-state index contributed by atoms with van der Waals surface area (Å²) in [7, 11) is 0. The van der Waals surface area contributed by atoms with Gasteiger partial charge in [0.15, 0.2) is 0 Å². The van der Waals surface area contributed by atoms with Crippen LogP contribution in [0.5, 0.6) is 0 Å². The predicted molar refractivity (Wildman–Crippen MR) is 81.3 cm³/mol. The van der Waals surface area contributed by atoms with E-state index < -0.39 is 0 Å². The van der Waals surface area contributed by atoms with Gasteiger partial charge in [-0.3, -0.25) is 0 Å². The zero-order valence-electron chi connectivity index (χ0n) is 12.6. The number of likely N-dealkylation sites (N-methyl/N-ethyl adjacent to an activating group) is 1. The van der Waals surface area contributed by atoms with Crippen molar-refractivity contribution in [1.29, 1.82) is 0 Å². The number of rotatable bonds is 10. The fraction of sp³-hybridized carbons (Fsp3) is 0.625. The summed E-state index contributed by atoms with van der Waals surface area (Å²) in [5, 5.41) is 3.32. The molecular formula is C16H28N2O. The zero-order valence-corrected chi connectivity index (χ0v) is 12.6. The van der Waals surface area contributed by atoms with Crippen LogP contribution in [-0.4, -0.2) is 37.7 Å². The molecule has 3 nitrogen and oxygen atoms in total. The molecule has 0 aromatic heterocycles. The van der Waals surface area contributed by atoms with Crippen LogP contribution in [0.3, 0.4) is 0 Å². The third-order valence-corrected chi connectivity index (χ3v) is 3.32. The number of nitrogens with one attached hydrogen (secondary N) is 1. The Balaban J connectivity index is 2.22. The third kappa shape index (κ3) is 6.71. The van der Waals surface area contributed by atoms with Crippen molar-refractivity contribution >= 4 is 0 Å². The van der Waals surface area contributed by atoms with E-state index in [1.165, 1.54) is 11.1 Å². The summed E-state index contributed by atoms with van der Waals surface area (Å²) in [5.41, 5.74) is 2.58. The molecule has 0 saturated carbocycles. The summed E-state index contributed by atoms with van der Waals surface area (Å²) in [6.07, 6.45) is 0. The first-order valence-electron chi connectivity index (χ1n) is 7.38. The minimum Gasteiger partial charge on any atom is -0.375 e. The Hall–Kier alpha value is -0.900. The average Bonchev–Trinajstić information content (AvgIpc) is 2.46. The molecule has 0 heterocycles. The summed E-state index contributed by atoms with van der Waals surface area (Å²) >= 11 is 0. The molecule has 1 N–H and O–H groups in total. The minimum absolute atomic E-state index is 0.711. The van der Waals surface area contributed by atoms with Gasteiger partial charge in [-0.05, 0) is 30.8 Å². The van der Waals surface area contributed by atoms with Crippen molar-refractivity contribution in [3.8, 4) is 0 Å². The average molecular weight is 264 g/mol. The number of nitrogens with zero attached hydrogens (tertiary/aromatic N) is 1. The highest BCUT2D eigenvalue weighted by molar-refractivity contribution is 5.21. The molecule has 0 atom stereocenters. The molecule has 19 heavy (non-hydrogen) atoms. The lowest BCUT2D eigenvalue weighted by molar-refractivity contribution is 0.0956. The molecule has 0 bridgehead atoms. The largest absolute Gasteiger partial charge is 0.375 e. The summed E-state index contributed by atoms with van der Waals surface area (Å²) in [6.45, 7) is 13.2. The van der Waals surface area contributed by atoms with Crippen LogP contribution in [0.25, 0.3) is 0 Å². The SMILES string of the molecule is CCNCc1ccc(COCCN(CC)CC)cc1. The van der Waals surface area contributed by atoms with Gasteiger partial charge in [0, 0.05) is 13.1 Å². The van der Waals surface area contributed by atoms with Gasteiger partial charge < -0.3 is 15.0 Å². The Bertz CT molecular complexity index is 320. The molecule has 0 aliphatic heterocycles. The molecule has 1 aromatic carbocycles. The van der Waals surface area contributed by atoms with Crippen molar-refractivity contribution in [3.05, 3.63) is 35.4 Å². The summed E-state index contributed by atoms with van der Waals surface area (Å²) in [5.74, 6) is 0. The van der Waals surface area contributed by atoms with Crippen molar-refractivity contribution < 1.29 is 4.74 Å². The monoisotopic (exact) mass is 264 g/mol. The summed E-state index contributed by atoms with van der Waals surface area (Å²) in [4.78, 5) is 2.37. The number of benzene rings is 1. The smallest absolute Gasteiger partial charge is 0.0717 e. The second-order valence-corrected chi connectivity index (χ2v) is 4.68. The summed E-state index contributed by atoms with van der Waals surface area (Å²) in [6, 6.07) is 8.66. The van der Waals surface area contributed by atoms with Crippen LogP contribution in [0.2, 0.25) is 0 Å². The van der Waals surface area contributed by atoms with E-state index in [4.69, 9.17) is 4.74 Å². The molecule has 0 unspecified atom stereocenters. The van der Waals surface area contributed by atoms with Gasteiger partial charge in [-0.25, -0.2) is 0 Å². The lowest BCUT2D eigenvalue weighted by Crippen LogP contribution is -2.26. The maximum Gasteiger partial charge on any atom is 0.0717 e. The van der Waals surface area contributed by atoms with Crippen LogP contribution >= 0.6 is 0 Å². The van der Waals surface area contributed by atoms with E-state index in [0.717, 1.165) is 39.3 Å². The minimum atomic E-state index is 0.711. The van der Waals surface area contributed by atoms with Gasteiger partial charge in [0.05, 0.1) is 13.2 Å². The zero-order chi connectivity index (χ0) is 13.9. The number of ether oxygens (including phenoxy) is 1. The lowest BCUT2D eigenvalue weighted by atomic mass is 10.1. The molecule has 0 radical (unpaired) electrons. The van der Waals surface area contributed by atoms with Gasteiger partial charge in [0.2, 0.25) is 0 Å². The van der Waals surface area contributed by atoms with Gasteiger partial charge in [-0.15, -0.1) is 0 Å². The first-order chi connectivity index (χ1) is 9.30. The number of hydrogen-bond acceptors (Lipinski definition) is 3. The Morgan fingerprint density at radius 3 is 2.21 bits per heavy atom. The Morgan fingerprint density at radius 2 is 1.63 bits per heavy atom. The second-order valence-electron chi connectivity index (χ2n) is 4.68. The maximum absolute atomic E-state index is 5.72. The molecule has 0 fully saturated rings. The molecule has 0 saturated heterocycles. The topological polar surface area (TPSA) is 24.5 Å². The maximum atomic E-state index is 5.72. The van der Waals surface area contributed by atoms with Crippen molar-refractivity contribution in [2.24, 2.45) is 0 Å². The van der Waals surface area contributed by atoms with Gasteiger partial charge in [-0.2, -0.15) is 0 Å². The standard InChI is InChI=1S/C16H28N2O/c1-4-17-13-15-7-9-16(10-8-15)14-19-12-11-18(5-2)6-3/h7-10,17H,4-6,11-14H2,1-3H3. The quantitative estimate of drug-likeness (QED) is 0.658. The van der Waals surface area contributed by atoms with E-state index in [-0.39, 0.29) is 0 Å². The van der Waals surface area contributed by atoms with Gasteiger partial charge in [-0.1, -0.05) is 45.0 Å². The Morgan fingerprint density at radius 1 is 1.00 bits per heavy atom. The van der Waals surface area contributed by atoms with Crippen molar-refractivity contribution in [2.45, 2.75) is 33.9 Å². The predicted octanol–water partition coefficient (Wildman–Crippen LogP) is 2.65. The van der Waals surface area contributed by atoms with E-state index in [1.807, 2.05) is 0 Å². The van der Waals surface area contributed by atoms with Gasteiger partial charge >= 0.3 is 0 Å². The Labute approximate surface area is 118 Å². The van der Waals surface area contributed by atoms with E-state index in [0.29, 0.717) is 6.61 Å². The highest BCUT2D eigenvalue weighted by Gasteiger charge is 1.99.